The topological polar surface area (TPSA) is 126 Å². The third-order valence-electron chi connectivity index (χ3n) is 6.65. The molecule has 0 atom stereocenters. The van der Waals surface area contributed by atoms with E-state index >= 15 is 0 Å². The molecule has 0 saturated carbocycles. The van der Waals surface area contributed by atoms with Crippen molar-refractivity contribution >= 4 is 46.8 Å². The predicted molar refractivity (Wildman–Crippen MR) is 157 cm³/mol. The first-order valence-electron chi connectivity index (χ1n) is 12.6. The van der Waals surface area contributed by atoms with Gasteiger partial charge < -0.3 is 25.4 Å². The van der Waals surface area contributed by atoms with E-state index in [1.807, 2.05) is 24.3 Å². The van der Waals surface area contributed by atoms with Crippen LogP contribution < -0.4 is 20.9 Å². The summed E-state index contributed by atoms with van der Waals surface area (Å²) < 4.78 is 6.56. The third kappa shape index (κ3) is 6.13. The number of nitrogens with zero attached hydrogens (tertiary/aromatic N) is 3. The number of carbonyl (C=O) groups is 2. The quantitative estimate of drug-likeness (QED) is 0.260. The van der Waals surface area contributed by atoms with Gasteiger partial charge in [-0.1, -0.05) is 41.4 Å². The molecule has 1 aromatic heterocycles. The van der Waals surface area contributed by atoms with E-state index in [9.17, 15) is 19.5 Å². The number of halogens is 2. The lowest BCUT2D eigenvalue weighted by atomic mass is 10.1. The number of methoxy groups -OCH3 is 1. The number of amides is 2. The molecule has 0 fully saturated rings. The summed E-state index contributed by atoms with van der Waals surface area (Å²) in [4.78, 5) is 45.0. The Hall–Kier alpha value is -4.54. The summed E-state index contributed by atoms with van der Waals surface area (Å²) in [7, 11) is 1.59. The maximum Gasteiger partial charge on any atom is 0.335 e. The van der Waals surface area contributed by atoms with Crippen molar-refractivity contribution in [3.8, 4) is 11.4 Å². The molecule has 2 amide bonds. The lowest BCUT2D eigenvalue weighted by Gasteiger charge is -2.29. The summed E-state index contributed by atoms with van der Waals surface area (Å²) in [5, 5.41) is 16.3. The van der Waals surface area contributed by atoms with Crippen LogP contribution in [0.2, 0.25) is 10.0 Å². The maximum atomic E-state index is 14.0. The van der Waals surface area contributed by atoms with E-state index in [0.29, 0.717) is 47.2 Å². The van der Waals surface area contributed by atoms with Crippen LogP contribution in [0.1, 0.15) is 27.2 Å². The van der Waals surface area contributed by atoms with Crippen LogP contribution >= 0.6 is 23.2 Å². The van der Waals surface area contributed by atoms with Crippen molar-refractivity contribution < 1.29 is 19.4 Å². The van der Waals surface area contributed by atoms with Gasteiger partial charge >= 0.3 is 12.0 Å². The van der Waals surface area contributed by atoms with Crippen molar-refractivity contribution in [2.75, 3.05) is 24.3 Å². The van der Waals surface area contributed by atoms with Crippen LogP contribution in [0.25, 0.3) is 5.69 Å². The lowest BCUT2D eigenvalue weighted by Crippen LogP contribution is -2.43. The van der Waals surface area contributed by atoms with Crippen molar-refractivity contribution in [2.24, 2.45) is 0 Å². The summed E-state index contributed by atoms with van der Waals surface area (Å²) in [5.74, 6) is -0.143. The maximum absolute atomic E-state index is 14.0. The Morgan fingerprint density at radius 1 is 1.07 bits per heavy atom. The third-order valence-corrected chi connectivity index (χ3v) is 7.20. The van der Waals surface area contributed by atoms with Gasteiger partial charge in [0, 0.05) is 24.5 Å². The van der Waals surface area contributed by atoms with Crippen molar-refractivity contribution in [1.82, 2.24) is 14.5 Å². The number of fused-ring (bicyclic) bond motifs is 1. The van der Waals surface area contributed by atoms with Crippen LogP contribution in [0.3, 0.4) is 0 Å². The Morgan fingerprint density at radius 3 is 2.56 bits per heavy atom. The zero-order valence-electron chi connectivity index (χ0n) is 21.9. The first kappa shape index (κ1) is 28.0. The molecule has 3 N–H and O–H groups in total. The summed E-state index contributed by atoms with van der Waals surface area (Å²) in [5.41, 5.74) is 2.16. The second kappa shape index (κ2) is 11.9. The molecule has 5 rings (SSSR count). The van der Waals surface area contributed by atoms with Crippen LogP contribution in [0.5, 0.6) is 5.75 Å². The van der Waals surface area contributed by atoms with Crippen molar-refractivity contribution in [2.45, 2.75) is 19.5 Å². The summed E-state index contributed by atoms with van der Waals surface area (Å²) >= 11 is 12.2. The molecule has 0 spiro atoms. The number of ether oxygens (including phenoxy) is 1. The van der Waals surface area contributed by atoms with Gasteiger partial charge in [0.2, 0.25) is 5.95 Å². The molecule has 0 unspecified atom stereocenters. The standard InChI is InChI=1S/C29H25Cl2N5O5/c1-41-21-8-5-17(6-9-21)15-32-28-33-24-11-12-35(29(40)34-25-10-7-19(30)14-23(25)31)16-22(24)26(37)36(28)20-4-2-3-18(13-20)27(38)39/h2-10,13-14H,11-12,15-16H2,1H3,(H,32,33)(H,34,40)(H,38,39). The monoisotopic (exact) mass is 593 g/mol. The molecule has 0 radical (unpaired) electrons. The van der Waals surface area contributed by atoms with Gasteiger partial charge in [-0.2, -0.15) is 0 Å². The highest BCUT2D eigenvalue weighted by molar-refractivity contribution is 6.36. The van der Waals surface area contributed by atoms with Gasteiger partial charge in [-0.3, -0.25) is 4.79 Å². The summed E-state index contributed by atoms with van der Waals surface area (Å²) in [6.07, 6.45) is 0.347. The molecule has 1 aliphatic rings. The average molecular weight is 594 g/mol. The predicted octanol–water partition coefficient (Wildman–Crippen LogP) is 5.45. The molecule has 1 aliphatic heterocycles. The molecule has 41 heavy (non-hydrogen) atoms. The van der Waals surface area contributed by atoms with Gasteiger partial charge in [0.05, 0.1) is 46.9 Å². The van der Waals surface area contributed by atoms with E-state index in [2.05, 4.69) is 10.6 Å². The van der Waals surface area contributed by atoms with Crippen molar-refractivity contribution in [3.05, 3.63) is 110 Å². The first-order valence-corrected chi connectivity index (χ1v) is 13.4. The number of rotatable bonds is 7. The molecule has 10 nitrogen and oxygen atoms in total. The molecule has 0 saturated heterocycles. The first-order chi connectivity index (χ1) is 19.7. The van der Waals surface area contributed by atoms with Crippen LogP contribution in [0.4, 0.5) is 16.4 Å². The minimum absolute atomic E-state index is 0.00951. The number of aromatic carboxylic acids is 1. The van der Waals surface area contributed by atoms with Gasteiger partial charge in [0.1, 0.15) is 5.75 Å². The van der Waals surface area contributed by atoms with E-state index in [4.69, 9.17) is 32.9 Å². The van der Waals surface area contributed by atoms with Gasteiger partial charge in [0.15, 0.2) is 0 Å². The van der Waals surface area contributed by atoms with Gasteiger partial charge in [-0.15, -0.1) is 0 Å². The largest absolute Gasteiger partial charge is 0.497 e. The Morgan fingerprint density at radius 2 is 1.85 bits per heavy atom. The van der Waals surface area contributed by atoms with Gasteiger partial charge in [-0.05, 0) is 54.1 Å². The van der Waals surface area contributed by atoms with Crippen molar-refractivity contribution in [3.63, 3.8) is 0 Å². The number of carboxylic acids is 1. The van der Waals surface area contributed by atoms with E-state index in [-0.39, 0.29) is 23.1 Å². The van der Waals surface area contributed by atoms with Crippen LogP contribution in [-0.4, -0.2) is 45.2 Å². The highest BCUT2D eigenvalue weighted by atomic mass is 35.5. The molecular formula is C29H25Cl2N5O5. The smallest absolute Gasteiger partial charge is 0.335 e. The number of benzene rings is 3. The molecule has 3 aromatic carbocycles. The van der Waals surface area contributed by atoms with E-state index in [1.165, 1.54) is 27.7 Å². The van der Waals surface area contributed by atoms with Crippen LogP contribution in [0, 0.1) is 0 Å². The average Bonchev–Trinajstić information content (AvgIpc) is 2.97. The van der Waals surface area contributed by atoms with E-state index < -0.39 is 17.6 Å². The van der Waals surface area contributed by atoms with Crippen LogP contribution in [0.15, 0.2) is 71.5 Å². The molecule has 2 heterocycles. The second-order valence-electron chi connectivity index (χ2n) is 9.28. The SMILES string of the molecule is COc1ccc(CNc2nc3c(c(=O)n2-c2cccc(C(=O)O)c2)CN(C(=O)Nc2ccc(Cl)cc2Cl)CC3)cc1. The molecule has 0 bridgehead atoms. The number of carboxylic acid groups (broad SMARTS) is 1. The highest BCUT2D eigenvalue weighted by Gasteiger charge is 2.27. The Labute approximate surface area is 245 Å². The van der Waals surface area contributed by atoms with E-state index in [0.717, 1.165) is 11.3 Å². The molecular weight excluding hydrogens is 569 g/mol. The zero-order chi connectivity index (χ0) is 29.1. The Kier molecular flexibility index (Phi) is 8.14. The fourth-order valence-electron chi connectivity index (χ4n) is 4.50. The normalized spacial score (nSPS) is 12.4. The summed E-state index contributed by atoms with van der Waals surface area (Å²) in [6, 6.07) is 17.8. The van der Waals surface area contributed by atoms with Gasteiger partial charge in [0.25, 0.3) is 5.56 Å². The van der Waals surface area contributed by atoms with Crippen molar-refractivity contribution in [1.29, 1.82) is 0 Å². The number of carbonyl (C=O) groups excluding carboxylic acids is 1. The molecule has 4 aromatic rings. The number of hydrogen-bond acceptors (Lipinski definition) is 6. The Balaban J connectivity index is 1.48. The molecule has 210 valence electrons. The Bertz CT molecular complexity index is 1690. The van der Waals surface area contributed by atoms with Crippen LogP contribution in [-0.2, 0) is 19.5 Å². The summed E-state index contributed by atoms with van der Waals surface area (Å²) in [6.45, 7) is 0.687. The fraction of sp³-hybridized carbons (Fsp3) is 0.172. The number of hydrogen-bond donors (Lipinski definition) is 3. The number of aromatic nitrogens is 2. The number of urea groups is 1. The fourth-order valence-corrected chi connectivity index (χ4v) is 4.95. The lowest BCUT2D eigenvalue weighted by molar-refractivity contribution is 0.0696. The minimum atomic E-state index is -1.12. The second-order valence-corrected chi connectivity index (χ2v) is 10.1. The zero-order valence-corrected chi connectivity index (χ0v) is 23.4. The molecule has 12 heteroatoms. The number of anilines is 2. The van der Waals surface area contributed by atoms with E-state index in [1.54, 1.807) is 31.4 Å². The molecule has 0 aliphatic carbocycles. The van der Waals surface area contributed by atoms with Gasteiger partial charge in [-0.25, -0.2) is 19.1 Å². The minimum Gasteiger partial charge on any atom is -0.497 e. The highest BCUT2D eigenvalue weighted by Crippen LogP contribution is 2.27. The number of nitrogens with one attached hydrogen (secondary N) is 2.